The second-order valence-corrected chi connectivity index (χ2v) is 6.01. The number of thioether (sulfide) groups is 1. The smallest absolute Gasteiger partial charge is 0.180 e. The highest BCUT2D eigenvalue weighted by Gasteiger charge is 2.27. The Balaban J connectivity index is 1.91. The first kappa shape index (κ1) is 13.3. The second kappa shape index (κ2) is 5.71. The normalized spacial score (nSPS) is 17.4. The zero-order valence-corrected chi connectivity index (χ0v) is 12.2. The molecule has 1 aliphatic rings. The van der Waals surface area contributed by atoms with E-state index in [1.807, 2.05) is 36.4 Å². The Bertz CT molecular complexity index is 619. The first-order valence-corrected chi connectivity index (χ1v) is 7.72. The number of carbonyl (C=O) groups is 1. The van der Waals surface area contributed by atoms with E-state index in [1.54, 1.807) is 18.9 Å². The van der Waals surface area contributed by atoms with Gasteiger partial charge in [0.1, 0.15) is 5.75 Å². The zero-order valence-electron chi connectivity index (χ0n) is 11.3. The lowest BCUT2D eigenvalue weighted by Crippen LogP contribution is -2.16. The van der Waals surface area contributed by atoms with Crippen LogP contribution in [0.25, 0.3) is 0 Å². The van der Waals surface area contributed by atoms with Crippen LogP contribution >= 0.6 is 11.8 Å². The molecule has 0 bridgehead atoms. The third-order valence-corrected chi connectivity index (χ3v) is 4.85. The predicted octanol–water partition coefficient (Wildman–Crippen LogP) is 3.91. The average Bonchev–Trinajstić information content (AvgIpc) is 2.54. The molecule has 3 rings (SSSR count). The molecule has 2 aromatic carbocycles. The number of carbonyl (C=O) groups excluding carboxylic acids is 1. The standard InChI is InChI=1S/C17H16O2S/c1-19-14-8-6-13(7-9-14)16(18)17-15-5-3-2-4-12(15)10-11-20-17/h2-9,17H,10-11H2,1H3. The van der Waals surface area contributed by atoms with Crippen molar-refractivity contribution in [3.8, 4) is 5.75 Å². The Kier molecular flexibility index (Phi) is 3.79. The number of benzene rings is 2. The molecule has 102 valence electrons. The molecule has 0 fully saturated rings. The van der Waals surface area contributed by atoms with Gasteiger partial charge in [0.05, 0.1) is 12.4 Å². The van der Waals surface area contributed by atoms with Gasteiger partial charge in [-0.3, -0.25) is 4.79 Å². The van der Waals surface area contributed by atoms with E-state index in [9.17, 15) is 4.79 Å². The fourth-order valence-corrected chi connectivity index (χ4v) is 3.79. The predicted molar refractivity (Wildman–Crippen MR) is 82.7 cm³/mol. The molecular weight excluding hydrogens is 268 g/mol. The Hall–Kier alpha value is -1.74. The van der Waals surface area contributed by atoms with Gasteiger partial charge in [0, 0.05) is 5.56 Å². The number of fused-ring (bicyclic) bond motifs is 1. The molecule has 20 heavy (non-hydrogen) atoms. The lowest BCUT2D eigenvalue weighted by Gasteiger charge is -2.24. The summed E-state index contributed by atoms with van der Waals surface area (Å²) in [6.45, 7) is 0. The van der Waals surface area contributed by atoms with Gasteiger partial charge >= 0.3 is 0 Å². The summed E-state index contributed by atoms with van der Waals surface area (Å²) in [5.41, 5.74) is 3.22. The number of ether oxygens (including phenoxy) is 1. The van der Waals surface area contributed by atoms with Crippen LogP contribution in [0.3, 0.4) is 0 Å². The molecule has 0 aliphatic carbocycles. The van der Waals surface area contributed by atoms with Crippen LogP contribution in [-0.2, 0) is 6.42 Å². The SMILES string of the molecule is COc1ccc(C(=O)C2SCCc3ccccc32)cc1. The summed E-state index contributed by atoms with van der Waals surface area (Å²) in [6, 6.07) is 15.6. The molecule has 2 nitrogen and oxygen atoms in total. The lowest BCUT2D eigenvalue weighted by atomic mass is 9.96. The van der Waals surface area contributed by atoms with Gasteiger partial charge in [-0.05, 0) is 47.6 Å². The van der Waals surface area contributed by atoms with Crippen LogP contribution in [0, 0.1) is 0 Å². The van der Waals surface area contributed by atoms with Crippen molar-refractivity contribution in [1.82, 2.24) is 0 Å². The van der Waals surface area contributed by atoms with Crippen molar-refractivity contribution in [2.24, 2.45) is 0 Å². The maximum Gasteiger partial charge on any atom is 0.180 e. The van der Waals surface area contributed by atoms with Crippen molar-refractivity contribution in [1.29, 1.82) is 0 Å². The summed E-state index contributed by atoms with van der Waals surface area (Å²) in [7, 11) is 1.63. The zero-order chi connectivity index (χ0) is 13.9. The van der Waals surface area contributed by atoms with Crippen molar-refractivity contribution >= 4 is 17.5 Å². The van der Waals surface area contributed by atoms with Crippen molar-refractivity contribution in [2.75, 3.05) is 12.9 Å². The number of hydrogen-bond donors (Lipinski definition) is 0. The number of aryl methyl sites for hydroxylation is 1. The average molecular weight is 284 g/mol. The monoisotopic (exact) mass is 284 g/mol. The van der Waals surface area contributed by atoms with Gasteiger partial charge in [-0.1, -0.05) is 24.3 Å². The van der Waals surface area contributed by atoms with Gasteiger partial charge in [0.25, 0.3) is 0 Å². The minimum absolute atomic E-state index is 0.0756. The first-order chi connectivity index (χ1) is 9.79. The van der Waals surface area contributed by atoms with Crippen LogP contribution in [-0.4, -0.2) is 18.6 Å². The molecule has 3 heteroatoms. The number of ketones is 1. The van der Waals surface area contributed by atoms with Gasteiger partial charge in [0.15, 0.2) is 5.78 Å². The highest BCUT2D eigenvalue weighted by molar-refractivity contribution is 8.00. The summed E-state index contributed by atoms with van der Waals surface area (Å²) in [6.07, 6.45) is 1.05. The maximum atomic E-state index is 12.7. The van der Waals surface area contributed by atoms with Crippen LogP contribution < -0.4 is 4.74 Å². The summed E-state index contributed by atoms with van der Waals surface area (Å²) < 4.78 is 5.13. The van der Waals surface area contributed by atoms with Crippen molar-refractivity contribution in [3.63, 3.8) is 0 Å². The van der Waals surface area contributed by atoms with E-state index >= 15 is 0 Å². The third-order valence-electron chi connectivity index (χ3n) is 3.61. The van der Waals surface area contributed by atoms with Crippen LogP contribution in [0.1, 0.15) is 26.7 Å². The highest BCUT2D eigenvalue weighted by Crippen LogP contribution is 2.39. The molecule has 1 unspecified atom stereocenters. The van der Waals surface area contributed by atoms with Gasteiger partial charge in [-0.2, -0.15) is 0 Å². The Morgan fingerprint density at radius 2 is 1.90 bits per heavy atom. The fourth-order valence-electron chi connectivity index (χ4n) is 2.52. The van der Waals surface area contributed by atoms with E-state index in [4.69, 9.17) is 4.74 Å². The summed E-state index contributed by atoms with van der Waals surface area (Å²) in [5.74, 6) is 1.96. The van der Waals surface area contributed by atoms with E-state index in [-0.39, 0.29) is 11.0 Å². The molecule has 0 spiro atoms. The number of Topliss-reactive ketones (excluding diaryl/α,β-unsaturated/α-hetero) is 1. The van der Waals surface area contributed by atoms with Crippen LogP contribution in [0.2, 0.25) is 0 Å². The van der Waals surface area contributed by atoms with E-state index in [0.29, 0.717) is 0 Å². The Morgan fingerprint density at radius 1 is 1.15 bits per heavy atom. The molecule has 1 aliphatic heterocycles. The number of hydrogen-bond acceptors (Lipinski definition) is 3. The Morgan fingerprint density at radius 3 is 2.65 bits per heavy atom. The molecule has 1 heterocycles. The van der Waals surface area contributed by atoms with Crippen molar-refractivity contribution < 1.29 is 9.53 Å². The lowest BCUT2D eigenvalue weighted by molar-refractivity contribution is 0.0989. The molecule has 0 N–H and O–H groups in total. The van der Waals surface area contributed by atoms with E-state index in [2.05, 4.69) is 12.1 Å². The van der Waals surface area contributed by atoms with Crippen LogP contribution in [0.15, 0.2) is 48.5 Å². The molecule has 0 aromatic heterocycles. The first-order valence-electron chi connectivity index (χ1n) is 6.67. The molecular formula is C17H16O2S. The van der Waals surface area contributed by atoms with Crippen LogP contribution in [0.5, 0.6) is 5.75 Å². The minimum Gasteiger partial charge on any atom is -0.497 e. The largest absolute Gasteiger partial charge is 0.497 e. The van der Waals surface area contributed by atoms with Crippen molar-refractivity contribution in [2.45, 2.75) is 11.7 Å². The minimum atomic E-state index is -0.0756. The quantitative estimate of drug-likeness (QED) is 0.799. The molecule has 0 saturated carbocycles. The van der Waals surface area contributed by atoms with E-state index in [0.717, 1.165) is 23.5 Å². The van der Waals surface area contributed by atoms with Gasteiger partial charge < -0.3 is 4.74 Å². The molecule has 2 aromatic rings. The topological polar surface area (TPSA) is 26.3 Å². The van der Waals surface area contributed by atoms with E-state index in [1.165, 1.54) is 11.1 Å². The fraction of sp³-hybridized carbons (Fsp3) is 0.235. The molecule has 1 atom stereocenters. The van der Waals surface area contributed by atoms with Gasteiger partial charge in [0.2, 0.25) is 0 Å². The Labute approximate surface area is 123 Å². The molecule has 0 amide bonds. The maximum absolute atomic E-state index is 12.7. The molecule has 0 saturated heterocycles. The number of methoxy groups -OCH3 is 1. The molecule has 0 radical (unpaired) electrons. The van der Waals surface area contributed by atoms with Gasteiger partial charge in [-0.15, -0.1) is 11.8 Å². The number of rotatable bonds is 3. The van der Waals surface area contributed by atoms with E-state index < -0.39 is 0 Å². The van der Waals surface area contributed by atoms with Gasteiger partial charge in [-0.25, -0.2) is 0 Å². The van der Waals surface area contributed by atoms with Crippen LogP contribution in [0.4, 0.5) is 0 Å². The van der Waals surface area contributed by atoms with Crippen molar-refractivity contribution in [3.05, 3.63) is 65.2 Å². The highest BCUT2D eigenvalue weighted by atomic mass is 32.2. The second-order valence-electron chi connectivity index (χ2n) is 4.79. The third kappa shape index (κ3) is 2.46. The summed E-state index contributed by atoms with van der Waals surface area (Å²) >= 11 is 1.74. The summed E-state index contributed by atoms with van der Waals surface area (Å²) in [5, 5.41) is -0.0756. The summed E-state index contributed by atoms with van der Waals surface area (Å²) in [4.78, 5) is 12.7.